The van der Waals surface area contributed by atoms with Crippen LogP contribution >= 0.6 is 11.3 Å². The van der Waals surface area contributed by atoms with Crippen molar-refractivity contribution in [3.8, 4) is 5.75 Å². The highest BCUT2D eigenvalue weighted by Gasteiger charge is 2.37. The number of carbonyl (C=O) groups excluding carboxylic acids is 2. The molecule has 4 rings (SSSR count). The fourth-order valence-corrected chi connectivity index (χ4v) is 5.02. The number of amides is 2. The molecular formula is C24H29FN2O4S. The Morgan fingerprint density at radius 1 is 1.22 bits per heavy atom. The lowest BCUT2D eigenvalue weighted by Gasteiger charge is -2.37. The summed E-state index contributed by atoms with van der Waals surface area (Å²) in [5.41, 5.74) is 1.09. The van der Waals surface area contributed by atoms with Gasteiger partial charge in [-0.05, 0) is 67.0 Å². The highest BCUT2D eigenvalue weighted by Crippen LogP contribution is 2.35. The molecule has 6 nitrogen and oxygen atoms in total. The summed E-state index contributed by atoms with van der Waals surface area (Å²) in [6.07, 6.45) is 3.31. The quantitative estimate of drug-likeness (QED) is 0.508. The molecule has 2 aliphatic rings. The lowest BCUT2D eigenvalue weighted by Crippen LogP contribution is -2.48. The van der Waals surface area contributed by atoms with E-state index < -0.39 is 0 Å². The molecular weight excluding hydrogens is 431 g/mol. The maximum atomic E-state index is 13.4. The molecule has 1 aromatic carbocycles. The Morgan fingerprint density at radius 2 is 2.00 bits per heavy atom. The monoisotopic (exact) mass is 460 g/mol. The molecule has 1 atom stereocenters. The number of halogens is 1. The highest BCUT2D eigenvalue weighted by molar-refractivity contribution is 7.10. The van der Waals surface area contributed by atoms with Gasteiger partial charge >= 0.3 is 0 Å². The van der Waals surface area contributed by atoms with Crippen LogP contribution in [0, 0.1) is 11.7 Å². The number of hydrogen-bond donors (Lipinski definition) is 0. The van der Waals surface area contributed by atoms with Gasteiger partial charge in [-0.15, -0.1) is 11.3 Å². The molecule has 0 radical (unpaired) electrons. The Morgan fingerprint density at radius 3 is 2.72 bits per heavy atom. The molecule has 2 amide bonds. The van der Waals surface area contributed by atoms with E-state index in [-0.39, 0.29) is 42.7 Å². The number of nitrogens with zero attached hydrogens (tertiary/aromatic N) is 2. The van der Waals surface area contributed by atoms with E-state index in [1.165, 1.54) is 17.0 Å². The first-order valence-electron chi connectivity index (χ1n) is 11.1. The summed E-state index contributed by atoms with van der Waals surface area (Å²) in [5, 5.41) is 2.04. The Hall–Kier alpha value is -2.45. The van der Waals surface area contributed by atoms with Gasteiger partial charge in [0.1, 0.15) is 18.2 Å². The first-order chi connectivity index (χ1) is 15.6. The summed E-state index contributed by atoms with van der Waals surface area (Å²) in [6.45, 7) is 2.02. The zero-order chi connectivity index (χ0) is 22.5. The van der Waals surface area contributed by atoms with Crippen LogP contribution in [0.5, 0.6) is 5.75 Å². The molecule has 0 spiro atoms. The molecule has 1 aliphatic heterocycles. The van der Waals surface area contributed by atoms with Crippen molar-refractivity contribution in [2.45, 2.75) is 31.7 Å². The van der Waals surface area contributed by atoms with Crippen molar-refractivity contribution in [3.63, 3.8) is 0 Å². The van der Waals surface area contributed by atoms with E-state index in [1.54, 1.807) is 35.5 Å². The Bertz CT molecular complexity index is 928. The summed E-state index contributed by atoms with van der Waals surface area (Å²) >= 11 is 1.69. The maximum absolute atomic E-state index is 13.4. The van der Waals surface area contributed by atoms with E-state index in [1.807, 2.05) is 16.3 Å². The number of methoxy groups -OCH3 is 1. The minimum Gasteiger partial charge on any atom is -0.491 e. The minimum atomic E-state index is -0.319. The topological polar surface area (TPSA) is 59.1 Å². The third kappa shape index (κ3) is 5.48. The summed E-state index contributed by atoms with van der Waals surface area (Å²) < 4.78 is 24.3. The molecule has 1 fully saturated rings. The van der Waals surface area contributed by atoms with Gasteiger partial charge in [-0.1, -0.05) is 0 Å². The molecule has 8 heteroatoms. The summed E-state index contributed by atoms with van der Waals surface area (Å²) in [6, 6.07) is 7.70. The zero-order valence-corrected chi connectivity index (χ0v) is 19.1. The Balaban J connectivity index is 1.46. The predicted octanol–water partition coefficient (Wildman–Crippen LogP) is 3.67. The fourth-order valence-electron chi connectivity index (χ4n) is 4.09. The predicted molar refractivity (Wildman–Crippen MR) is 120 cm³/mol. The first-order valence-corrected chi connectivity index (χ1v) is 12.0. The number of thiophene rings is 1. The summed E-state index contributed by atoms with van der Waals surface area (Å²) in [5.74, 6) is 0.308. The van der Waals surface area contributed by atoms with Crippen LogP contribution in [0.4, 0.5) is 4.39 Å². The second-order valence-corrected chi connectivity index (χ2v) is 9.30. The average Bonchev–Trinajstić information content (AvgIpc) is 3.54. The molecule has 2 aromatic rings. The van der Waals surface area contributed by atoms with Crippen LogP contribution in [0.1, 0.15) is 35.7 Å². The van der Waals surface area contributed by atoms with Crippen LogP contribution < -0.4 is 4.74 Å². The second kappa shape index (κ2) is 10.4. The summed E-state index contributed by atoms with van der Waals surface area (Å²) in [4.78, 5) is 30.9. The van der Waals surface area contributed by atoms with Crippen molar-refractivity contribution in [2.24, 2.45) is 5.92 Å². The van der Waals surface area contributed by atoms with Gasteiger partial charge < -0.3 is 19.3 Å². The third-order valence-electron chi connectivity index (χ3n) is 5.98. The number of benzene rings is 1. The van der Waals surface area contributed by atoms with Gasteiger partial charge in [-0.3, -0.25) is 9.59 Å². The number of ether oxygens (including phenoxy) is 2. The van der Waals surface area contributed by atoms with Crippen molar-refractivity contribution in [1.82, 2.24) is 9.80 Å². The van der Waals surface area contributed by atoms with E-state index in [4.69, 9.17) is 9.47 Å². The fraction of sp³-hybridized carbons (Fsp3) is 0.500. The van der Waals surface area contributed by atoms with Crippen LogP contribution in [0.15, 0.2) is 35.7 Å². The van der Waals surface area contributed by atoms with Gasteiger partial charge in [-0.25, -0.2) is 4.39 Å². The Labute approximate surface area is 191 Å². The van der Waals surface area contributed by atoms with Crippen molar-refractivity contribution in [1.29, 1.82) is 0 Å². The van der Waals surface area contributed by atoms with Crippen molar-refractivity contribution < 1.29 is 23.5 Å². The van der Waals surface area contributed by atoms with Crippen LogP contribution in [0.3, 0.4) is 0 Å². The van der Waals surface area contributed by atoms with Crippen LogP contribution in [-0.4, -0.2) is 61.6 Å². The number of carbonyl (C=O) groups is 2. The van der Waals surface area contributed by atoms with E-state index in [0.29, 0.717) is 31.9 Å². The van der Waals surface area contributed by atoms with Crippen LogP contribution in [0.25, 0.3) is 0 Å². The van der Waals surface area contributed by atoms with Gasteiger partial charge in [0, 0.05) is 37.6 Å². The minimum absolute atomic E-state index is 0.0628. The van der Waals surface area contributed by atoms with E-state index >= 15 is 0 Å². The summed E-state index contributed by atoms with van der Waals surface area (Å²) in [7, 11) is 1.64. The SMILES string of the molecule is COCCCN(CC(=O)N1CCc2sccc2C1COc1ccc(F)cc1)C(=O)C1CC1. The average molecular weight is 461 g/mol. The van der Waals surface area contributed by atoms with E-state index in [2.05, 4.69) is 0 Å². The molecule has 2 heterocycles. The van der Waals surface area contributed by atoms with Gasteiger partial charge in [-0.2, -0.15) is 0 Å². The van der Waals surface area contributed by atoms with Crippen molar-refractivity contribution in [3.05, 3.63) is 52.0 Å². The van der Waals surface area contributed by atoms with Crippen molar-refractivity contribution in [2.75, 3.05) is 40.0 Å². The zero-order valence-electron chi connectivity index (χ0n) is 18.3. The highest BCUT2D eigenvalue weighted by atomic mass is 32.1. The van der Waals surface area contributed by atoms with Gasteiger partial charge in [0.05, 0.1) is 12.6 Å². The lowest BCUT2D eigenvalue weighted by molar-refractivity contribution is -0.143. The van der Waals surface area contributed by atoms with Crippen LogP contribution in [0.2, 0.25) is 0 Å². The first kappa shape index (κ1) is 22.7. The molecule has 0 bridgehead atoms. The van der Waals surface area contributed by atoms with E-state index in [9.17, 15) is 14.0 Å². The number of rotatable bonds is 10. The molecule has 1 unspecified atom stereocenters. The second-order valence-electron chi connectivity index (χ2n) is 8.30. The lowest BCUT2D eigenvalue weighted by atomic mass is 10.0. The molecule has 0 saturated heterocycles. The molecule has 1 aromatic heterocycles. The van der Waals surface area contributed by atoms with Gasteiger partial charge in [0.2, 0.25) is 11.8 Å². The maximum Gasteiger partial charge on any atom is 0.242 e. The standard InChI is InChI=1S/C24H29FN2O4S/c1-30-13-2-11-26(24(29)17-3-4-17)15-23(28)27-12-9-22-20(10-14-32-22)21(27)16-31-19-7-5-18(25)6-8-19/h5-8,10,14,17,21H,2-4,9,11-13,15-16H2,1H3. The molecule has 0 N–H and O–H groups in total. The molecule has 1 aliphatic carbocycles. The normalized spacial score (nSPS) is 17.7. The molecule has 32 heavy (non-hydrogen) atoms. The van der Waals surface area contributed by atoms with Crippen LogP contribution in [-0.2, 0) is 20.7 Å². The smallest absolute Gasteiger partial charge is 0.242 e. The Kier molecular flexibility index (Phi) is 7.42. The van der Waals surface area contributed by atoms with Crippen molar-refractivity contribution >= 4 is 23.2 Å². The third-order valence-corrected chi connectivity index (χ3v) is 6.97. The molecule has 1 saturated carbocycles. The number of hydrogen-bond acceptors (Lipinski definition) is 5. The largest absolute Gasteiger partial charge is 0.491 e. The molecule has 172 valence electrons. The van der Waals surface area contributed by atoms with E-state index in [0.717, 1.165) is 24.8 Å². The van der Waals surface area contributed by atoms with Gasteiger partial charge in [0.25, 0.3) is 0 Å². The van der Waals surface area contributed by atoms with Gasteiger partial charge in [0.15, 0.2) is 0 Å². The number of fused-ring (bicyclic) bond motifs is 1.